The summed E-state index contributed by atoms with van der Waals surface area (Å²) in [6.07, 6.45) is -1.16. The molecule has 4 N–H and O–H groups in total. The number of nitrogens with one attached hydrogen (secondary N) is 1. The molecule has 0 aliphatic carbocycles. The molecule has 0 spiro atoms. The van der Waals surface area contributed by atoms with E-state index in [2.05, 4.69) is 5.32 Å². The van der Waals surface area contributed by atoms with E-state index in [0.717, 1.165) is 0 Å². The number of hydrogen-bond acceptors (Lipinski definition) is 9. The lowest BCUT2D eigenvalue weighted by atomic mass is 10.0. The number of nitrogens with two attached hydrogens (primary N) is 1. The molecule has 0 saturated carbocycles. The number of carbonyl (C=O) groups is 4. The Balaban J connectivity index is 1.89. The Hall–Kier alpha value is -4.90. The fraction of sp³-hybridized carbons (Fsp3) is 0.333. The molecule has 44 heavy (non-hydrogen) atoms. The molecular formula is C33H39N3O8. The second-order valence-corrected chi connectivity index (χ2v) is 9.93. The fourth-order valence-electron chi connectivity index (χ4n) is 4.34. The molecule has 0 aliphatic rings. The molecule has 0 aromatic heterocycles. The lowest BCUT2D eigenvalue weighted by molar-refractivity contribution is -0.147. The van der Waals surface area contributed by atoms with Gasteiger partial charge in [0.25, 0.3) is 0 Å². The van der Waals surface area contributed by atoms with Gasteiger partial charge in [-0.15, -0.1) is 0 Å². The van der Waals surface area contributed by atoms with Crippen LogP contribution < -0.4 is 11.1 Å². The van der Waals surface area contributed by atoms with Crippen LogP contribution in [-0.4, -0.2) is 59.3 Å². The Kier molecular flexibility index (Phi) is 13.7. The fourth-order valence-corrected chi connectivity index (χ4v) is 4.34. The number of hydrogen-bond donors (Lipinski definition) is 3. The third-order valence-corrected chi connectivity index (χ3v) is 6.61. The number of phenols is 1. The lowest BCUT2D eigenvalue weighted by Crippen LogP contribution is -2.56. The number of ether oxygens (including phenoxy) is 3. The number of unbranched alkanes of at least 4 members (excludes halogenated alkanes) is 1. The summed E-state index contributed by atoms with van der Waals surface area (Å²) in [5.41, 5.74) is 7.68. The zero-order valence-corrected chi connectivity index (χ0v) is 24.7. The second kappa shape index (κ2) is 17.9. The predicted molar refractivity (Wildman–Crippen MR) is 162 cm³/mol. The van der Waals surface area contributed by atoms with E-state index >= 15 is 0 Å². The normalized spacial score (nSPS) is 12.0. The van der Waals surface area contributed by atoms with Crippen LogP contribution in [0.15, 0.2) is 84.9 Å². The molecule has 0 unspecified atom stereocenters. The van der Waals surface area contributed by atoms with Crippen molar-refractivity contribution in [3.05, 3.63) is 102 Å². The van der Waals surface area contributed by atoms with E-state index in [1.165, 1.54) is 12.1 Å². The molecule has 3 aromatic carbocycles. The molecule has 3 amide bonds. The largest absolute Gasteiger partial charge is 0.508 e. The van der Waals surface area contributed by atoms with Crippen molar-refractivity contribution in [3.8, 4) is 5.75 Å². The van der Waals surface area contributed by atoms with E-state index in [9.17, 15) is 24.3 Å². The quantitative estimate of drug-likeness (QED) is 0.129. The van der Waals surface area contributed by atoms with Gasteiger partial charge in [-0.3, -0.25) is 4.79 Å². The monoisotopic (exact) mass is 605 g/mol. The van der Waals surface area contributed by atoms with Crippen LogP contribution >= 0.6 is 0 Å². The molecule has 2 atom stereocenters. The van der Waals surface area contributed by atoms with Crippen molar-refractivity contribution in [2.45, 2.75) is 57.9 Å². The number of nitrogens with zero attached hydrogens (tertiary/aromatic N) is 1. The SMILES string of the molecule is CCOC(=O)[C@@H](Cc1ccc(O)cc1)NC(=O)[C@@H](CCCCN)N(C(=O)OCc1ccccc1)C(=O)OCc1ccccc1. The standard InChI is InChI=1S/C33H39N3O8/c1-2-42-31(39)28(21-24-16-18-27(37)19-17-24)35-30(38)29(15-9-10-20-34)36(32(40)43-22-25-11-5-3-6-12-25)33(41)44-23-26-13-7-4-8-14-26/h3-8,11-14,16-19,28-29,37H,2,9-10,15,20-23,34H2,1H3,(H,35,38)/t28-,29-/m1/s1. The first-order valence-electron chi connectivity index (χ1n) is 14.5. The summed E-state index contributed by atoms with van der Waals surface area (Å²) < 4.78 is 16.1. The zero-order chi connectivity index (χ0) is 31.7. The summed E-state index contributed by atoms with van der Waals surface area (Å²) in [5, 5.41) is 12.3. The van der Waals surface area contributed by atoms with Gasteiger partial charge in [0.2, 0.25) is 5.91 Å². The van der Waals surface area contributed by atoms with Crippen LogP contribution in [0.1, 0.15) is 42.9 Å². The van der Waals surface area contributed by atoms with Crippen LogP contribution in [0.5, 0.6) is 5.75 Å². The third kappa shape index (κ3) is 10.7. The molecule has 0 heterocycles. The maximum absolute atomic E-state index is 13.9. The summed E-state index contributed by atoms with van der Waals surface area (Å²) in [6, 6.07) is 21.4. The van der Waals surface area contributed by atoms with Gasteiger partial charge in [0.1, 0.15) is 31.0 Å². The van der Waals surface area contributed by atoms with Gasteiger partial charge in [-0.05, 0) is 61.6 Å². The molecule has 0 fully saturated rings. The van der Waals surface area contributed by atoms with E-state index in [1.54, 1.807) is 67.6 Å². The Morgan fingerprint density at radius 1 is 0.773 bits per heavy atom. The lowest BCUT2D eigenvalue weighted by Gasteiger charge is -2.29. The summed E-state index contributed by atoms with van der Waals surface area (Å²) in [4.78, 5) is 54.3. The van der Waals surface area contributed by atoms with Crippen molar-refractivity contribution in [3.63, 3.8) is 0 Å². The maximum Gasteiger partial charge on any atom is 0.420 e. The highest BCUT2D eigenvalue weighted by atomic mass is 16.6. The van der Waals surface area contributed by atoms with E-state index in [1.807, 2.05) is 12.1 Å². The number of carbonyl (C=O) groups excluding carboxylic acids is 4. The molecule has 234 valence electrons. The molecular weight excluding hydrogens is 566 g/mol. The highest BCUT2D eigenvalue weighted by Crippen LogP contribution is 2.17. The highest BCUT2D eigenvalue weighted by molar-refractivity contribution is 5.96. The van der Waals surface area contributed by atoms with Crippen LogP contribution in [0.2, 0.25) is 0 Å². The van der Waals surface area contributed by atoms with Gasteiger partial charge >= 0.3 is 18.2 Å². The van der Waals surface area contributed by atoms with Crippen LogP contribution in [-0.2, 0) is 43.4 Å². The van der Waals surface area contributed by atoms with Gasteiger partial charge in [0.15, 0.2) is 0 Å². The topological polar surface area (TPSA) is 157 Å². The van der Waals surface area contributed by atoms with Crippen molar-refractivity contribution in [2.75, 3.05) is 13.2 Å². The van der Waals surface area contributed by atoms with Crippen LogP contribution in [0.25, 0.3) is 0 Å². The van der Waals surface area contributed by atoms with Gasteiger partial charge < -0.3 is 30.4 Å². The second-order valence-electron chi connectivity index (χ2n) is 9.93. The molecule has 11 nitrogen and oxygen atoms in total. The number of imide groups is 1. The van der Waals surface area contributed by atoms with E-state index < -0.39 is 36.1 Å². The molecule has 3 rings (SSSR count). The number of esters is 1. The van der Waals surface area contributed by atoms with Crippen LogP contribution in [0, 0.1) is 0 Å². The minimum Gasteiger partial charge on any atom is -0.508 e. The Bertz CT molecular complexity index is 1280. The summed E-state index contributed by atoms with van der Waals surface area (Å²) in [7, 11) is 0. The molecule has 0 bridgehead atoms. The van der Waals surface area contributed by atoms with Gasteiger partial charge in [-0.25, -0.2) is 14.4 Å². The average Bonchev–Trinajstić information content (AvgIpc) is 3.04. The highest BCUT2D eigenvalue weighted by Gasteiger charge is 2.39. The minimum atomic E-state index is -1.38. The average molecular weight is 606 g/mol. The number of phenolic OH excluding ortho intramolecular Hbond substituents is 1. The Morgan fingerprint density at radius 2 is 1.32 bits per heavy atom. The number of benzene rings is 3. The molecule has 3 aromatic rings. The zero-order valence-electron chi connectivity index (χ0n) is 24.7. The summed E-state index contributed by atoms with van der Waals surface area (Å²) in [5.74, 6) is -1.42. The van der Waals surface area contributed by atoms with Crippen molar-refractivity contribution in [1.82, 2.24) is 10.2 Å². The van der Waals surface area contributed by atoms with Gasteiger partial charge in [-0.1, -0.05) is 72.8 Å². The molecule has 0 saturated heterocycles. The van der Waals surface area contributed by atoms with Crippen molar-refractivity contribution < 1.29 is 38.5 Å². The first-order chi connectivity index (χ1) is 21.3. The minimum absolute atomic E-state index is 0.0390. The molecule has 0 aliphatic heterocycles. The number of amides is 3. The molecule has 11 heteroatoms. The Labute approximate surface area is 256 Å². The smallest absolute Gasteiger partial charge is 0.420 e. The van der Waals surface area contributed by atoms with Crippen molar-refractivity contribution in [1.29, 1.82) is 0 Å². The first kappa shape index (κ1) is 33.6. The first-order valence-corrected chi connectivity index (χ1v) is 14.5. The number of aromatic hydroxyl groups is 1. The van der Waals surface area contributed by atoms with Gasteiger partial charge in [0, 0.05) is 6.42 Å². The van der Waals surface area contributed by atoms with Gasteiger partial charge in [-0.2, -0.15) is 4.90 Å². The predicted octanol–water partition coefficient (Wildman–Crippen LogP) is 4.46. The summed E-state index contributed by atoms with van der Waals surface area (Å²) in [6.45, 7) is 1.75. The van der Waals surface area contributed by atoms with E-state index in [4.69, 9.17) is 19.9 Å². The van der Waals surface area contributed by atoms with E-state index in [0.29, 0.717) is 41.0 Å². The molecule has 0 radical (unpaired) electrons. The maximum atomic E-state index is 13.9. The summed E-state index contributed by atoms with van der Waals surface area (Å²) >= 11 is 0. The van der Waals surface area contributed by atoms with Crippen molar-refractivity contribution >= 4 is 24.1 Å². The van der Waals surface area contributed by atoms with Crippen molar-refractivity contribution in [2.24, 2.45) is 5.73 Å². The van der Waals surface area contributed by atoms with Crippen LogP contribution in [0.3, 0.4) is 0 Å². The van der Waals surface area contributed by atoms with Gasteiger partial charge in [0.05, 0.1) is 6.61 Å². The third-order valence-electron chi connectivity index (χ3n) is 6.61. The van der Waals surface area contributed by atoms with E-state index in [-0.39, 0.29) is 38.4 Å². The number of rotatable bonds is 15. The Morgan fingerprint density at radius 3 is 1.82 bits per heavy atom. The van der Waals surface area contributed by atoms with Crippen LogP contribution in [0.4, 0.5) is 9.59 Å².